The number of carbonyl (C=O) groups is 3. The Balaban J connectivity index is 1.82. The van der Waals surface area contributed by atoms with Crippen LogP contribution in [0.5, 0.6) is 0 Å². The van der Waals surface area contributed by atoms with Gasteiger partial charge in [0.15, 0.2) is 5.76 Å². The molecular weight excluding hydrogens is 322 g/mol. The molecule has 1 heterocycles. The van der Waals surface area contributed by atoms with E-state index in [4.69, 9.17) is 4.42 Å². The Hall–Kier alpha value is -3.09. The maximum absolute atomic E-state index is 12.3. The molecule has 1 aromatic carbocycles. The van der Waals surface area contributed by atoms with Gasteiger partial charge in [0.1, 0.15) is 0 Å². The number of amides is 3. The molecule has 0 atom stereocenters. The standard InChI is InChI=1S/C18H21N3O4/c1-2-10-21(18(24)15-9-6-11-25-15)13-17(23)19-12-16(22)20-14-7-4-3-5-8-14/h3-9,11H,2,10,12-13H2,1H3,(H,19,23)(H,20,22). The summed E-state index contributed by atoms with van der Waals surface area (Å²) in [6.07, 6.45) is 2.11. The molecule has 7 heteroatoms. The van der Waals surface area contributed by atoms with Gasteiger partial charge in [0, 0.05) is 12.2 Å². The van der Waals surface area contributed by atoms with E-state index in [0.717, 1.165) is 0 Å². The van der Waals surface area contributed by atoms with Gasteiger partial charge < -0.3 is 20.0 Å². The van der Waals surface area contributed by atoms with Crippen molar-refractivity contribution in [2.75, 3.05) is 25.0 Å². The van der Waals surface area contributed by atoms with Gasteiger partial charge in [0.2, 0.25) is 11.8 Å². The van der Waals surface area contributed by atoms with E-state index in [9.17, 15) is 14.4 Å². The zero-order chi connectivity index (χ0) is 18.1. The van der Waals surface area contributed by atoms with Gasteiger partial charge in [-0.2, -0.15) is 0 Å². The molecule has 0 aliphatic rings. The average molecular weight is 343 g/mol. The summed E-state index contributed by atoms with van der Waals surface area (Å²) in [7, 11) is 0. The van der Waals surface area contributed by atoms with Gasteiger partial charge in [-0.15, -0.1) is 0 Å². The van der Waals surface area contributed by atoms with Gasteiger partial charge in [0.25, 0.3) is 5.91 Å². The Kier molecular flexibility index (Phi) is 6.76. The number of furan rings is 1. The molecule has 0 aliphatic heterocycles. The van der Waals surface area contributed by atoms with Crippen molar-refractivity contribution in [1.82, 2.24) is 10.2 Å². The lowest BCUT2D eigenvalue weighted by atomic mass is 10.3. The van der Waals surface area contributed by atoms with Crippen LogP contribution in [0.2, 0.25) is 0 Å². The van der Waals surface area contributed by atoms with Crippen molar-refractivity contribution in [3.05, 3.63) is 54.5 Å². The molecule has 7 nitrogen and oxygen atoms in total. The smallest absolute Gasteiger partial charge is 0.290 e. The largest absolute Gasteiger partial charge is 0.459 e. The van der Waals surface area contributed by atoms with Gasteiger partial charge in [-0.05, 0) is 30.7 Å². The molecule has 0 spiro atoms. The van der Waals surface area contributed by atoms with Crippen LogP contribution in [-0.4, -0.2) is 42.3 Å². The van der Waals surface area contributed by atoms with E-state index in [0.29, 0.717) is 18.7 Å². The second-order valence-corrected chi connectivity index (χ2v) is 5.39. The van der Waals surface area contributed by atoms with Crippen molar-refractivity contribution < 1.29 is 18.8 Å². The van der Waals surface area contributed by atoms with Crippen LogP contribution in [-0.2, 0) is 9.59 Å². The SMILES string of the molecule is CCCN(CC(=O)NCC(=O)Nc1ccccc1)C(=O)c1ccco1. The molecule has 0 bridgehead atoms. The van der Waals surface area contributed by atoms with Crippen molar-refractivity contribution in [2.24, 2.45) is 0 Å². The third-order valence-corrected chi connectivity index (χ3v) is 3.35. The average Bonchev–Trinajstić information content (AvgIpc) is 3.14. The van der Waals surface area contributed by atoms with Crippen molar-refractivity contribution in [3.63, 3.8) is 0 Å². The van der Waals surface area contributed by atoms with Crippen LogP contribution < -0.4 is 10.6 Å². The maximum atomic E-state index is 12.3. The van der Waals surface area contributed by atoms with Crippen LogP contribution in [0.4, 0.5) is 5.69 Å². The Labute approximate surface area is 146 Å². The van der Waals surface area contributed by atoms with Crippen molar-refractivity contribution in [2.45, 2.75) is 13.3 Å². The Morgan fingerprint density at radius 1 is 1.04 bits per heavy atom. The molecule has 2 N–H and O–H groups in total. The van der Waals surface area contributed by atoms with Crippen LogP contribution in [0, 0.1) is 0 Å². The summed E-state index contributed by atoms with van der Waals surface area (Å²) in [5, 5.41) is 5.19. The van der Waals surface area contributed by atoms with E-state index >= 15 is 0 Å². The molecule has 0 saturated heterocycles. The number of rotatable bonds is 8. The first kappa shape index (κ1) is 18.3. The summed E-state index contributed by atoms with van der Waals surface area (Å²) < 4.78 is 5.08. The Bertz CT molecular complexity index is 698. The highest BCUT2D eigenvalue weighted by atomic mass is 16.3. The molecule has 0 fully saturated rings. The topological polar surface area (TPSA) is 91.7 Å². The number of carbonyl (C=O) groups excluding carboxylic acids is 3. The number of nitrogens with one attached hydrogen (secondary N) is 2. The normalized spacial score (nSPS) is 10.1. The summed E-state index contributed by atoms with van der Waals surface area (Å²) in [4.78, 5) is 37.5. The molecule has 2 rings (SSSR count). The molecule has 0 unspecified atom stereocenters. The van der Waals surface area contributed by atoms with Gasteiger partial charge in [-0.3, -0.25) is 14.4 Å². The third kappa shape index (κ3) is 5.80. The first-order valence-electron chi connectivity index (χ1n) is 8.04. The predicted octanol–water partition coefficient (Wildman–Crippen LogP) is 1.89. The fraction of sp³-hybridized carbons (Fsp3) is 0.278. The highest BCUT2D eigenvalue weighted by Crippen LogP contribution is 2.06. The highest BCUT2D eigenvalue weighted by Gasteiger charge is 2.20. The maximum Gasteiger partial charge on any atom is 0.290 e. The van der Waals surface area contributed by atoms with Gasteiger partial charge in [-0.25, -0.2) is 0 Å². The summed E-state index contributed by atoms with van der Waals surface area (Å²) in [6.45, 7) is 2.03. The fourth-order valence-electron chi connectivity index (χ4n) is 2.21. The zero-order valence-electron chi connectivity index (χ0n) is 14.0. The molecule has 2 aromatic rings. The molecule has 0 aliphatic carbocycles. The van der Waals surface area contributed by atoms with E-state index in [1.165, 1.54) is 11.2 Å². The number of para-hydroxylation sites is 1. The molecule has 0 saturated carbocycles. The van der Waals surface area contributed by atoms with Gasteiger partial charge in [0.05, 0.1) is 19.4 Å². The first-order valence-corrected chi connectivity index (χ1v) is 8.04. The minimum Gasteiger partial charge on any atom is -0.459 e. The third-order valence-electron chi connectivity index (χ3n) is 3.35. The quantitative estimate of drug-likeness (QED) is 0.766. The van der Waals surface area contributed by atoms with Crippen molar-refractivity contribution in [1.29, 1.82) is 0 Å². The van der Waals surface area contributed by atoms with E-state index < -0.39 is 5.91 Å². The minimum absolute atomic E-state index is 0.133. The van der Waals surface area contributed by atoms with Gasteiger partial charge >= 0.3 is 0 Å². The fourth-order valence-corrected chi connectivity index (χ4v) is 2.21. The second kappa shape index (κ2) is 9.27. The first-order chi connectivity index (χ1) is 12.1. The van der Waals surface area contributed by atoms with Crippen LogP contribution in [0.15, 0.2) is 53.1 Å². The second-order valence-electron chi connectivity index (χ2n) is 5.39. The number of anilines is 1. The van der Waals surface area contributed by atoms with E-state index in [2.05, 4.69) is 10.6 Å². The van der Waals surface area contributed by atoms with Crippen LogP contribution >= 0.6 is 0 Å². The predicted molar refractivity (Wildman–Crippen MR) is 93.0 cm³/mol. The number of hydrogen-bond acceptors (Lipinski definition) is 4. The lowest BCUT2D eigenvalue weighted by molar-refractivity contribution is -0.124. The molecule has 1 aromatic heterocycles. The van der Waals surface area contributed by atoms with E-state index in [1.54, 1.807) is 36.4 Å². The van der Waals surface area contributed by atoms with Gasteiger partial charge in [-0.1, -0.05) is 25.1 Å². The highest BCUT2D eigenvalue weighted by molar-refractivity contribution is 5.96. The molecule has 3 amide bonds. The van der Waals surface area contributed by atoms with Crippen molar-refractivity contribution >= 4 is 23.4 Å². The molecule has 25 heavy (non-hydrogen) atoms. The summed E-state index contributed by atoms with van der Waals surface area (Å²) in [6, 6.07) is 12.1. The summed E-state index contributed by atoms with van der Waals surface area (Å²) in [5.74, 6) is -0.908. The summed E-state index contributed by atoms with van der Waals surface area (Å²) >= 11 is 0. The van der Waals surface area contributed by atoms with E-state index in [-0.39, 0.29) is 30.7 Å². The van der Waals surface area contributed by atoms with Crippen LogP contribution in [0.25, 0.3) is 0 Å². The molecular formula is C18H21N3O4. The summed E-state index contributed by atoms with van der Waals surface area (Å²) in [5.41, 5.74) is 0.655. The lowest BCUT2D eigenvalue weighted by Crippen LogP contribution is -2.43. The molecule has 0 radical (unpaired) electrons. The number of hydrogen-bond donors (Lipinski definition) is 2. The Morgan fingerprint density at radius 2 is 1.80 bits per heavy atom. The number of benzene rings is 1. The van der Waals surface area contributed by atoms with Crippen molar-refractivity contribution in [3.8, 4) is 0 Å². The number of nitrogens with zero attached hydrogens (tertiary/aromatic N) is 1. The zero-order valence-corrected chi connectivity index (χ0v) is 14.0. The minimum atomic E-state index is -0.406. The van der Waals surface area contributed by atoms with Crippen LogP contribution in [0.1, 0.15) is 23.9 Å². The monoisotopic (exact) mass is 343 g/mol. The Morgan fingerprint density at radius 3 is 2.44 bits per heavy atom. The van der Waals surface area contributed by atoms with E-state index in [1.807, 2.05) is 13.0 Å². The van der Waals surface area contributed by atoms with Crippen LogP contribution in [0.3, 0.4) is 0 Å². The lowest BCUT2D eigenvalue weighted by Gasteiger charge is -2.20. The molecule has 132 valence electrons.